The number of hydrogen-bond acceptors (Lipinski definition) is 3. The number of carbonyl (C=O) groups excluding carboxylic acids is 1. The molecule has 0 saturated heterocycles. The van der Waals surface area contributed by atoms with Crippen molar-refractivity contribution in [2.45, 2.75) is 19.9 Å². The lowest BCUT2D eigenvalue weighted by molar-refractivity contribution is 0.0980. The van der Waals surface area contributed by atoms with E-state index in [0.717, 1.165) is 20.5 Å². The van der Waals surface area contributed by atoms with Crippen LogP contribution >= 0.6 is 34.5 Å². The van der Waals surface area contributed by atoms with Crippen LogP contribution in [0.1, 0.15) is 21.7 Å². The standard InChI is InChI=1S/C15H12Cl2N2OS/c1-9-10-4-2-3-5-12(10)21-13(9)11(20)6-7-19-8-18-14(16)15(19)17/h2-5,8H,6-7H2,1H3. The molecule has 2 aromatic heterocycles. The molecule has 0 amide bonds. The van der Waals surface area contributed by atoms with Gasteiger partial charge in [0.25, 0.3) is 0 Å². The Morgan fingerprint density at radius 1 is 1.33 bits per heavy atom. The summed E-state index contributed by atoms with van der Waals surface area (Å²) in [6, 6.07) is 8.06. The number of nitrogens with zero attached hydrogens (tertiary/aromatic N) is 2. The number of Topliss-reactive ketones (excluding diaryl/α,β-unsaturated/α-hetero) is 1. The van der Waals surface area contributed by atoms with E-state index in [0.29, 0.717) is 18.1 Å². The molecule has 2 heterocycles. The van der Waals surface area contributed by atoms with E-state index in [9.17, 15) is 4.79 Å². The third-order valence-corrected chi connectivity index (χ3v) is 5.49. The highest BCUT2D eigenvalue weighted by atomic mass is 35.5. The van der Waals surface area contributed by atoms with Gasteiger partial charge in [-0.15, -0.1) is 11.3 Å². The average Bonchev–Trinajstić information content (AvgIpc) is 2.99. The number of thiophene rings is 1. The van der Waals surface area contributed by atoms with Crippen LogP contribution in [-0.2, 0) is 6.54 Å². The van der Waals surface area contributed by atoms with Crippen molar-refractivity contribution >= 4 is 50.4 Å². The lowest BCUT2D eigenvalue weighted by Gasteiger charge is -2.03. The van der Waals surface area contributed by atoms with E-state index in [-0.39, 0.29) is 10.9 Å². The predicted octanol–water partition coefficient (Wildman–Crippen LogP) is 4.99. The minimum absolute atomic E-state index is 0.120. The summed E-state index contributed by atoms with van der Waals surface area (Å²) in [6.45, 7) is 2.47. The highest BCUT2D eigenvalue weighted by Gasteiger charge is 2.16. The number of rotatable bonds is 4. The van der Waals surface area contributed by atoms with Crippen LogP contribution in [-0.4, -0.2) is 15.3 Å². The molecule has 0 aliphatic heterocycles. The summed E-state index contributed by atoms with van der Waals surface area (Å²) in [5.74, 6) is 0.120. The minimum atomic E-state index is 0.120. The number of carbonyl (C=O) groups is 1. The van der Waals surface area contributed by atoms with Gasteiger partial charge in [0.05, 0.1) is 11.2 Å². The molecule has 108 valence electrons. The molecule has 0 unspecified atom stereocenters. The Bertz CT molecular complexity index is 822. The number of fused-ring (bicyclic) bond motifs is 1. The quantitative estimate of drug-likeness (QED) is 0.628. The van der Waals surface area contributed by atoms with Gasteiger partial charge in [-0.05, 0) is 23.9 Å². The van der Waals surface area contributed by atoms with Gasteiger partial charge in [-0.1, -0.05) is 41.4 Å². The largest absolute Gasteiger partial charge is 0.320 e. The topological polar surface area (TPSA) is 34.9 Å². The summed E-state index contributed by atoms with van der Waals surface area (Å²) in [6.07, 6.45) is 1.93. The Labute approximate surface area is 136 Å². The molecule has 0 aliphatic rings. The summed E-state index contributed by atoms with van der Waals surface area (Å²) < 4.78 is 2.83. The van der Waals surface area contributed by atoms with Crippen LogP contribution in [0, 0.1) is 6.92 Å². The van der Waals surface area contributed by atoms with Crippen LogP contribution in [0.5, 0.6) is 0 Å². The van der Waals surface area contributed by atoms with Crippen LogP contribution < -0.4 is 0 Å². The molecule has 3 nitrogen and oxygen atoms in total. The van der Waals surface area contributed by atoms with E-state index in [1.165, 1.54) is 0 Å². The zero-order valence-corrected chi connectivity index (χ0v) is 13.6. The maximum absolute atomic E-state index is 12.4. The Morgan fingerprint density at radius 2 is 2.10 bits per heavy atom. The zero-order valence-electron chi connectivity index (χ0n) is 11.3. The highest BCUT2D eigenvalue weighted by Crippen LogP contribution is 2.31. The minimum Gasteiger partial charge on any atom is -0.320 e. The molecule has 0 fully saturated rings. The fourth-order valence-electron chi connectivity index (χ4n) is 2.27. The summed E-state index contributed by atoms with van der Waals surface area (Å²) >= 11 is 13.3. The second kappa shape index (κ2) is 5.79. The zero-order chi connectivity index (χ0) is 15.0. The Balaban J connectivity index is 1.81. The van der Waals surface area contributed by atoms with Crippen molar-refractivity contribution in [3.63, 3.8) is 0 Å². The monoisotopic (exact) mass is 338 g/mol. The molecule has 0 radical (unpaired) electrons. The molecule has 0 aliphatic carbocycles. The van der Waals surface area contributed by atoms with Crippen molar-refractivity contribution in [3.05, 3.63) is 51.3 Å². The third-order valence-electron chi connectivity index (χ3n) is 3.41. The normalized spacial score (nSPS) is 11.2. The smallest absolute Gasteiger partial charge is 0.174 e. The van der Waals surface area contributed by atoms with Gasteiger partial charge in [-0.3, -0.25) is 4.79 Å². The molecule has 3 rings (SSSR count). The maximum atomic E-state index is 12.4. The van der Waals surface area contributed by atoms with E-state index in [1.807, 2.05) is 31.2 Å². The Morgan fingerprint density at radius 3 is 2.76 bits per heavy atom. The number of ketones is 1. The number of aryl methyl sites for hydroxylation is 2. The van der Waals surface area contributed by atoms with Crippen molar-refractivity contribution in [3.8, 4) is 0 Å². The average molecular weight is 339 g/mol. The van der Waals surface area contributed by atoms with E-state index < -0.39 is 0 Å². The van der Waals surface area contributed by atoms with Crippen molar-refractivity contribution in [1.29, 1.82) is 0 Å². The van der Waals surface area contributed by atoms with Crippen LogP contribution in [0.25, 0.3) is 10.1 Å². The van der Waals surface area contributed by atoms with Crippen LogP contribution in [0.3, 0.4) is 0 Å². The first-order valence-corrected chi connectivity index (χ1v) is 8.02. The van der Waals surface area contributed by atoms with E-state index in [2.05, 4.69) is 4.98 Å². The number of benzene rings is 1. The van der Waals surface area contributed by atoms with Crippen molar-refractivity contribution in [2.24, 2.45) is 0 Å². The van der Waals surface area contributed by atoms with Gasteiger partial charge in [-0.2, -0.15) is 0 Å². The lowest BCUT2D eigenvalue weighted by Crippen LogP contribution is -2.05. The number of hydrogen-bond donors (Lipinski definition) is 0. The third kappa shape index (κ3) is 2.71. The van der Waals surface area contributed by atoms with Crippen molar-refractivity contribution in [1.82, 2.24) is 9.55 Å². The molecular formula is C15H12Cl2N2OS. The van der Waals surface area contributed by atoms with Crippen molar-refractivity contribution < 1.29 is 4.79 Å². The molecule has 0 bridgehead atoms. The summed E-state index contributed by atoms with van der Waals surface area (Å²) in [5, 5.41) is 1.79. The molecule has 0 saturated carbocycles. The fraction of sp³-hybridized carbons (Fsp3) is 0.200. The van der Waals surface area contributed by atoms with Crippen molar-refractivity contribution in [2.75, 3.05) is 0 Å². The first-order chi connectivity index (χ1) is 10.1. The van der Waals surface area contributed by atoms with Gasteiger partial charge in [-0.25, -0.2) is 4.98 Å². The molecule has 0 N–H and O–H groups in total. The fourth-order valence-corrected chi connectivity index (χ4v) is 3.78. The number of halogens is 2. The van der Waals surface area contributed by atoms with Gasteiger partial charge < -0.3 is 4.57 Å². The Kier molecular flexibility index (Phi) is 4.02. The summed E-state index contributed by atoms with van der Waals surface area (Å²) in [4.78, 5) is 17.2. The molecule has 6 heteroatoms. The summed E-state index contributed by atoms with van der Waals surface area (Å²) in [5.41, 5.74) is 1.05. The number of imidazole rings is 1. The molecule has 0 atom stereocenters. The first kappa shape index (κ1) is 14.6. The van der Waals surface area contributed by atoms with Crippen LogP contribution in [0.2, 0.25) is 10.3 Å². The van der Waals surface area contributed by atoms with E-state index in [1.54, 1.807) is 22.2 Å². The molecule has 21 heavy (non-hydrogen) atoms. The van der Waals surface area contributed by atoms with E-state index >= 15 is 0 Å². The molecule has 3 aromatic rings. The lowest BCUT2D eigenvalue weighted by atomic mass is 10.1. The predicted molar refractivity (Wildman–Crippen MR) is 87.8 cm³/mol. The van der Waals surface area contributed by atoms with Crippen LogP contribution in [0.4, 0.5) is 0 Å². The molecule has 1 aromatic carbocycles. The molecular weight excluding hydrogens is 327 g/mol. The van der Waals surface area contributed by atoms with Crippen LogP contribution in [0.15, 0.2) is 30.6 Å². The SMILES string of the molecule is Cc1c(C(=O)CCn2cnc(Cl)c2Cl)sc2ccccc12. The van der Waals surface area contributed by atoms with Gasteiger partial charge in [0.2, 0.25) is 0 Å². The summed E-state index contributed by atoms with van der Waals surface area (Å²) in [7, 11) is 0. The van der Waals surface area contributed by atoms with Gasteiger partial charge in [0.15, 0.2) is 10.9 Å². The van der Waals surface area contributed by atoms with Gasteiger partial charge in [0, 0.05) is 17.7 Å². The second-order valence-electron chi connectivity index (χ2n) is 4.75. The molecule has 0 spiro atoms. The Hall–Kier alpha value is -1.36. The number of aromatic nitrogens is 2. The first-order valence-electron chi connectivity index (χ1n) is 6.45. The van der Waals surface area contributed by atoms with Gasteiger partial charge >= 0.3 is 0 Å². The highest BCUT2D eigenvalue weighted by molar-refractivity contribution is 7.21. The second-order valence-corrected chi connectivity index (χ2v) is 6.51. The maximum Gasteiger partial charge on any atom is 0.174 e. The van der Waals surface area contributed by atoms with Gasteiger partial charge in [0.1, 0.15) is 5.15 Å². The van der Waals surface area contributed by atoms with E-state index in [4.69, 9.17) is 23.2 Å².